The highest BCUT2D eigenvalue weighted by Crippen LogP contribution is 2.27. The Labute approximate surface area is 221 Å². The van der Waals surface area contributed by atoms with E-state index in [9.17, 15) is 0 Å². The second-order valence-corrected chi connectivity index (χ2v) is 8.84. The topological polar surface area (TPSA) is 47.9 Å². The maximum Gasteiger partial charge on any atom is 0.0485 e. The molecule has 1 heterocycles. The van der Waals surface area contributed by atoms with Crippen LogP contribution >= 0.6 is 12.4 Å². The molecular weight excluding hydrogens is 460 g/mol. The molecule has 0 spiro atoms. The van der Waals surface area contributed by atoms with Gasteiger partial charge in [-0.1, -0.05) is 121 Å². The maximum atomic E-state index is 5.07. The van der Waals surface area contributed by atoms with Gasteiger partial charge in [0, 0.05) is 18.3 Å². The van der Waals surface area contributed by atoms with Crippen molar-refractivity contribution < 1.29 is 0 Å². The Kier molecular flexibility index (Phi) is 10.00. The highest BCUT2D eigenvalue weighted by atomic mass is 35.5. The lowest BCUT2D eigenvalue weighted by Gasteiger charge is -2.19. The van der Waals surface area contributed by atoms with Crippen LogP contribution in [0.4, 0.5) is 0 Å². The molecule has 3 heteroatoms. The van der Waals surface area contributed by atoms with Gasteiger partial charge in [0.05, 0.1) is 0 Å². The fraction of sp³-hybridized carbons (Fsp3) is 0.121. The zero-order chi connectivity index (χ0) is 23.0. The third-order valence-electron chi connectivity index (χ3n) is 6.38. The summed E-state index contributed by atoms with van der Waals surface area (Å²) in [5.41, 5.74) is 10.6. The van der Waals surface area contributed by atoms with E-state index in [1.54, 1.807) is 0 Å². The number of hydrogen-bond donors (Lipinski definition) is 1. The molecule has 0 bridgehead atoms. The first-order valence-electron chi connectivity index (χ1n) is 12.0. The Bertz CT molecular complexity index is 1220. The van der Waals surface area contributed by atoms with E-state index in [-0.39, 0.29) is 18.6 Å². The first-order chi connectivity index (χ1) is 16.8. The molecule has 5 rings (SSSR count). The van der Waals surface area contributed by atoms with Gasteiger partial charge < -0.3 is 6.15 Å². The molecule has 36 heavy (non-hydrogen) atoms. The van der Waals surface area contributed by atoms with Gasteiger partial charge in [0.15, 0.2) is 0 Å². The van der Waals surface area contributed by atoms with Crippen molar-refractivity contribution in [1.29, 1.82) is 0 Å². The van der Waals surface area contributed by atoms with Crippen molar-refractivity contribution in [1.82, 2.24) is 11.1 Å². The predicted octanol–water partition coefficient (Wildman–Crippen LogP) is 8.03. The summed E-state index contributed by atoms with van der Waals surface area (Å²) in [5, 5.41) is 0. The summed E-state index contributed by atoms with van der Waals surface area (Å²) in [6.07, 6.45) is 5.66. The van der Waals surface area contributed by atoms with Crippen LogP contribution in [0.1, 0.15) is 44.6 Å². The summed E-state index contributed by atoms with van der Waals surface area (Å²) in [7, 11) is 0. The van der Waals surface area contributed by atoms with Crippen LogP contribution in [0.2, 0.25) is 0 Å². The Morgan fingerprint density at radius 1 is 0.417 bits per heavy atom. The molecule has 2 nitrogen and oxygen atoms in total. The van der Waals surface area contributed by atoms with Crippen molar-refractivity contribution in [2.75, 3.05) is 0 Å². The maximum absolute atomic E-state index is 5.07. The molecule has 0 unspecified atom stereocenters. The first kappa shape index (κ1) is 26.9. The van der Waals surface area contributed by atoms with Crippen molar-refractivity contribution in [2.45, 2.75) is 25.7 Å². The van der Waals surface area contributed by atoms with Crippen LogP contribution in [0.25, 0.3) is 0 Å². The fourth-order valence-corrected chi connectivity index (χ4v) is 4.62. The van der Waals surface area contributed by atoms with Gasteiger partial charge in [-0.05, 0) is 58.2 Å². The summed E-state index contributed by atoms with van der Waals surface area (Å²) in [5.74, 6) is 0. The Morgan fingerprint density at radius 2 is 0.778 bits per heavy atom. The van der Waals surface area contributed by atoms with Gasteiger partial charge in [-0.15, -0.1) is 12.4 Å². The number of aromatic nitrogens is 1. The van der Waals surface area contributed by atoms with E-state index in [4.69, 9.17) is 4.98 Å². The second kappa shape index (κ2) is 13.4. The van der Waals surface area contributed by atoms with Gasteiger partial charge in [0.1, 0.15) is 0 Å². The van der Waals surface area contributed by atoms with Gasteiger partial charge in [0.2, 0.25) is 0 Å². The standard InChI is InChI=1S/C33H29N.ClH.H3N/c1-5-13-26(14-6-1)21-30-25-34-33(24-29-19-11-4-12-20-29)32(23-28-17-9-3-10-18-28)31(30)22-27-15-7-2-8-16-27;;/h1-20,25H,21-24H2;1H;1H3. The van der Waals surface area contributed by atoms with Crippen LogP contribution in [0.3, 0.4) is 0 Å². The average molecular weight is 493 g/mol. The lowest BCUT2D eigenvalue weighted by Crippen LogP contribution is -2.10. The van der Waals surface area contributed by atoms with Crippen molar-refractivity contribution in [3.63, 3.8) is 0 Å². The van der Waals surface area contributed by atoms with Crippen LogP contribution in [0.15, 0.2) is 128 Å². The monoisotopic (exact) mass is 492 g/mol. The second-order valence-electron chi connectivity index (χ2n) is 8.84. The Hall–Kier alpha value is -3.72. The molecule has 0 amide bonds. The third kappa shape index (κ3) is 6.91. The summed E-state index contributed by atoms with van der Waals surface area (Å²) in [6.45, 7) is 0. The van der Waals surface area contributed by atoms with Crippen LogP contribution in [-0.4, -0.2) is 4.98 Å². The molecule has 3 N–H and O–H groups in total. The number of benzene rings is 4. The molecule has 182 valence electrons. The molecule has 0 aliphatic heterocycles. The van der Waals surface area contributed by atoms with Crippen molar-refractivity contribution in [2.24, 2.45) is 0 Å². The number of rotatable bonds is 8. The molecule has 0 saturated heterocycles. The van der Waals surface area contributed by atoms with Crippen molar-refractivity contribution in [3.05, 3.63) is 172 Å². The quantitative estimate of drug-likeness (QED) is 0.238. The average Bonchev–Trinajstić information content (AvgIpc) is 2.90. The molecule has 0 saturated carbocycles. The van der Waals surface area contributed by atoms with Gasteiger partial charge >= 0.3 is 0 Å². The predicted molar refractivity (Wildman–Crippen MR) is 153 cm³/mol. The molecule has 0 radical (unpaired) electrons. The van der Waals surface area contributed by atoms with E-state index in [0.29, 0.717) is 0 Å². The fourth-order valence-electron chi connectivity index (χ4n) is 4.62. The van der Waals surface area contributed by atoms with E-state index < -0.39 is 0 Å². The number of halogens is 1. The lowest BCUT2D eigenvalue weighted by atomic mass is 9.87. The van der Waals surface area contributed by atoms with Crippen molar-refractivity contribution >= 4 is 12.4 Å². The largest absolute Gasteiger partial charge is 0.344 e. The third-order valence-corrected chi connectivity index (χ3v) is 6.38. The van der Waals surface area contributed by atoms with Crippen LogP contribution in [0.5, 0.6) is 0 Å². The van der Waals surface area contributed by atoms with E-state index in [2.05, 4.69) is 128 Å². The number of hydrogen-bond acceptors (Lipinski definition) is 2. The minimum Gasteiger partial charge on any atom is -0.344 e. The minimum atomic E-state index is 0. The molecular formula is C33H33ClN2. The molecule has 5 aromatic rings. The number of nitrogens with zero attached hydrogens (tertiary/aromatic N) is 1. The van der Waals surface area contributed by atoms with E-state index in [1.165, 1.54) is 44.6 Å². The van der Waals surface area contributed by atoms with E-state index >= 15 is 0 Å². The summed E-state index contributed by atoms with van der Waals surface area (Å²) < 4.78 is 0. The Balaban J connectivity index is 0.00000180. The van der Waals surface area contributed by atoms with Gasteiger partial charge in [-0.2, -0.15) is 0 Å². The van der Waals surface area contributed by atoms with Crippen LogP contribution in [-0.2, 0) is 25.7 Å². The smallest absolute Gasteiger partial charge is 0.0485 e. The first-order valence-corrected chi connectivity index (χ1v) is 12.0. The van der Waals surface area contributed by atoms with Crippen molar-refractivity contribution in [3.8, 4) is 0 Å². The van der Waals surface area contributed by atoms with Crippen LogP contribution < -0.4 is 6.15 Å². The van der Waals surface area contributed by atoms with Crippen LogP contribution in [0, 0.1) is 0 Å². The molecule has 0 fully saturated rings. The number of pyridine rings is 1. The Morgan fingerprint density at radius 3 is 1.22 bits per heavy atom. The summed E-state index contributed by atoms with van der Waals surface area (Å²) in [4.78, 5) is 5.07. The zero-order valence-corrected chi connectivity index (χ0v) is 21.3. The molecule has 1 aromatic heterocycles. The highest BCUT2D eigenvalue weighted by Gasteiger charge is 2.17. The molecule has 4 aromatic carbocycles. The van der Waals surface area contributed by atoms with E-state index in [0.717, 1.165) is 25.7 Å². The van der Waals surface area contributed by atoms with Gasteiger partial charge in [-0.3, -0.25) is 4.98 Å². The normalized spacial score (nSPS) is 10.2. The molecule has 0 atom stereocenters. The zero-order valence-electron chi connectivity index (χ0n) is 20.5. The molecule has 0 aliphatic rings. The highest BCUT2D eigenvalue weighted by molar-refractivity contribution is 5.85. The summed E-state index contributed by atoms with van der Waals surface area (Å²) in [6, 6.07) is 43.0. The van der Waals surface area contributed by atoms with Gasteiger partial charge in [0.25, 0.3) is 0 Å². The SMILES string of the molecule is Cl.N.c1ccc(Cc2cnc(Cc3ccccc3)c(Cc3ccccc3)c2Cc2ccccc2)cc1. The van der Waals surface area contributed by atoms with Gasteiger partial charge in [-0.25, -0.2) is 0 Å². The minimum absolute atomic E-state index is 0. The molecule has 0 aliphatic carbocycles. The summed E-state index contributed by atoms with van der Waals surface area (Å²) >= 11 is 0. The lowest BCUT2D eigenvalue weighted by molar-refractivity contribution is 0.936. The van der Waals surface area contributed by atoms with E-state index in [1.807, 2.05) is 0 Å².